The lowest BCUT2D eigenvalue weighted by Crippen LogP contribution is -2.54. The predicted molar refractivity (Wildman–Crippen MR) is 133 cm³/mol. The number of aliphatic hydroxyl groups is 2. The highest BCUT2D eigenvalue weighted by Gasteiger charge is 2.67. The minimum atomic E-state index is -0.938. The topological polar surface area (TPSA) is 127 Å². The van der Waals surface area contributed by atoms with Gasteiger partial charge in [-0.3, -0.25) is 0 Å². The molecule has 4 aliphatic rings. The van der Waals surface area contributed by atoms with Crippen LogP contribution in [0.15, 0.2) is 35.9 Å². The van der Waals surface area contributed by atoms with Crippen molar-refractivity contribution in [2.75, 3.05) is 7.11 Å². The largest absolute Gasteiger partial charge is 0.457 e. The summed E-state index contributed by atoms with van der Waals surface area (Å²) in [6.45, 7) is 5.42. The average Bonchev–Trinajstić information content (AvgIpc) is 3.35. The quantitative estimate of drug-likeness (QED) is 0.397. The van der Waals surface area contributed by atoms with Gasteiger partial charge in [-0.05, 0) is 38.0 Å². The Hall–Kier alpha value is -2.17. The second-order valence-electron chi connectivity index (χ2n) is 10.7. The van der Waals surface area contributed by atoms with Gasteiger partial charge in [0.25, 0.3) is 0 Å². The summed E-state index contributed by atoms with van der Waals surface area (Å²) in [6, 6.07) is 3.12. The van der Waals surface area contributed by atoms with E-state index in [4.69, 9.17) is 30.5 Å². The number of ether oxygens (including phenoxy) is 4. The minimum Gasteiger partial charge on any atom is -0.457 e. The molecule has 10 heteroatoms. The summed E-state index contributed by atoms with van der Waals surface area (Å²) in [5.74, 6) is -2.23. The van der Waals surface area contributed by atoms with Crippen LogP contribution in [0.5, 0.6) is 0 Å². The van der Waals surface area contributed by atoms with Crippen LogP contribution in [0.25, 0.3) is 0 Å². The molecule has 11 atom stereocenters. The molecule has 2 aliphatic carbocycles. The third kappa shape index (κ3) is 4.34. The van der Waals surface area contributed by atoms with Crippen LogP contribution in [0.2, 0.25) is 5.15 Å². The zero-order chi connectivity index (χ0) is 26.6. The molecule has 1 saturated heterocycles. The molecule has 3 heterocycles. The molecule has 0 unspecified atom stereocenters. The van der Waals surface area contributed by atoms with E-state index in [9.17, 15) is 19.8 Å². The number of nitrogens with one attached hydrogen (secondary N) is 1. The van der Waals surface area contributed by atoms with Gasteiger partial charge >= 0.3 is 11.9 Å². The van der Waals surface area contributed by atoms with E-state index in [1.807, 2.05) is 32.1 Å². The molecule has 3 N–H and O–H groups in total. The van der Waals surface area contributed by atoms with Crippen molar-refractivity contribution < 1.29 is 38.7 Å². The summed E-state index contributed by atoms with van der Waals surface area (Å²) in [4.78, 5) is 28.6. The monoisotopic (exact) mass is 535 g/mol. The molecule has 4 bridgehead atoms. The number of aromatic amines is 1. The van der Waals surface area contributed by atoms with E-state index >= 15 is 0 Å². The summed E-state index contributed by atoms with van der Waals surface area (Å²) in [5.41, 5.74) is 0.169. The van der Waals surface area contributed by atoms with E-state index in [0.717, 1.165) is 5.57 Å². The third-order valence-electron chi connectivity index (χ3n) is 8.51. The van der Waals surface area contributed by atoms with Crippen molar-refractivity contribution in [2.45, 2.75) is 75.8 Å². The zero-order valence-electron chi connectivity index (χ0n) is 21.3. The second-order valence-corrected chi connectivity index (χ2v) is 11.2. The molecule has 2 aliphatic heterocycles. The second kappa shape index (κ2) is 9.85. The molecular weight excluding hydrogens is 502 g/mol. The first-order chi connectivity index (χ1) is 17.6. The highest BCUT2D eigenvalue weighted by atomic mass is 35.5. The van der Waals surface area contributed by atoms with Gasteiger partial charge in [-0.1, -0.05) is 36.8 Å². The first-order valence-corrected chi connectivity index (χ1v) is 13.1. The van der Waals surface area contributed by atoms with Crippen molar-refractivity contribution >= 4 is 23.5 Å². The van der Waals surface area contributed by atoms with Crippen molar-refractivity contribution in [1.82, 2.24) is 4.98 Å². The van der Waals surface area contributed by atoms with Crippen molar-refractivity contribution in [1.29, 1.82) is 0 Å². The highest BCUT2D eigenvalue weighted by Crippen LogP contribution is 2.60. The van der Waals surface area contributed by atoms with Crippen LogP contribution in [0.4, 0.5) is 0 Å². The van der Waals surface area contributed by atoms with E-state index in [2.05, 4.69) is 4.98 Å². The molecule has 0 radical (unpaired) electrons. The van der Waals surface area contributed by atoms with Gasteiger partial charge in [0.15, 0.2) is 6.10 Å². The summed E-state index contributed by atoms with van der Waals surface area (Å²) >= 11 is 5.92. The molecule has 9 nitrogen and oxygen atoms in total. The van der Waals surface area contributed by atoms with Crippen LogP contribution in [0.1, 0.15) is 44.1 Å². The Bertz CT molecular complexity index is 1110. The number of aromatic nitrogens is 1. The number of halogens is 1. The number of methoxy groups -OCH3 is 1. The molecule has 1 aromatic rings. The first-order valence-electron chi connectivity index (χ1n) is 12.8. The van der Waals surface area contributed by atoms with E-state index in [0.29, 0.717) is 5.15 Å². The number of aliphatic hydroxyl groups excluding tert-OH is 2. The van der Waals surface area contributed by atoms with E-state index in [1.54, 1.807) is 19.1 Å². The van der Waals surface area contributed by atoms with Crippen LogP contribution in [-0.4, -0.2) is 76.5 Å². The van der Waals surface area contributed by atoms with Crippen LogP contribution in [0.3, 0.4) is 0 Å². The smallest absolute Gasteiger partial charge is 0.355 e. The Labute approximate surface area is 220 Å². The molecule has 0 aromatic carbocycles. The fraction of sp³-hybridized carbons (Fsp3) is 0.630. The Kier molecular flexibility index (Phi) is 7.04. The summed E-state index contributed by atoms with van der Waals surface area (Å²) in [5, 5.41) is 22.2. The number of esters is 2. The molecule has 1 spiro atoms. The van der Waals surface area contributed by atoms with Crippen LogP contribution < -0.4 is 0 Å². The van der Waals surface area contributed by atoms with Gasteiger partial charge in [0.2, 0.25) is 0 Å². The molecule has 1 saturated carbocycles. The Morgan fingerprint density at radius 1 is 1.30 bits per heavy atom. The SMILES string of the molecule is CO[C@H]1C[C@H]2C=C[C@H]3[C@H]4O[C@]2(/C(C)=C/[C@@H](C)[C@@H]([C@@H](C)O)OC1=O)[C@@H]3[C@H](O)C[C@H]4OC(=O)c1ccc(Cl)[nH]1. The van der Waals surface area contributed by atoms with Crippen molar-refractivity contribution in [3.63, 3.8) is 0 Å². The first kappa shape index (κ1) is 26.4. The number of carbonyl (C=O) groups is 2. The Morgan fingerprint density at radius 3 is 2.70 bits per heavy atom. The van der Waals surface area contributed by atoms with Gasteiger partial charge < -0.3 is 34.1 Å². The number of hydrogen-bond donors (Lipinski definition) is 3. The lowest BCUT2D eigenvalue weighted by molar-refractivity contribution is -0.172. The van der Waals surface area contributed by atoms with Crippen molar-refractivity contribution in [3.05, 3.63) is 46.8 Å². The fourth-order valence-corrected chi connectivity index (χ4v) is 7.09. The predicted octanol–water partition coefficient (Wildman–Crippen LogP) is 2.81. The molecular formula is C27H34ClNO8. The molecule has 5 rings (SSSR count). The van der Waals surface area contributed by atoms with Gasteiger partial charge in [0.05, 0.1) is 12.2 Å². The maximum Gasteiger partial charge on any atom is 0.355 e. The van der Waals surface area contributed by atoms with Crippen LogP contribution >= 0.6 is 11.6 Å². The maximum atomic E-state index is 13.0. The van der Waals surface area contributed by atoms with E-state index in [1.165, 1.54) is 7.11 Å². The molecule has 0 amide bonds. The number of carbonyl (C=O) groups excluding carboxylic acids is 2. The fourth-order valence-electron chi connectivity index (χ4n) is 6.93. The minimum absolute atomic E-state index is 0.188. The van der Waals surface area contributed by atoms with Gasteiger partial charge in [-0.15, -0.1) is 0 Å². The number of cyclic esters (lactones) is 1. The molecule has 2 fully saturated rings. The third-order valence-corrected chi connectivity index (χ3v) is 8.73. The van der Waals surface area contributed by atoms with E-state index < -0.39 is 54.2 Å². The van der Waals surface area contributed by atoms with Crippen molar-refractivity contribution in [2.24, 2.45) is 23.7 Å². The molecule has 1 aromatic heterocycles. The Morgan fingerprint density at radius 2 is 2.05 bits per heavy atom. The summed E-state index contributed by atoms with van der Waals surface area (Å²) < 4.78 is 23.9. The van der Waals surface area contributed by atoms with Crippen LogP contribution in [0, 0.1) is 23.7 Å². The van der Waals surface area contributed by atoms with Gasteiger partial charge in [0.1, 0.15) is 34.8 Å². The Balaban J connectivity index is 1.53. The lowest BCUT2D eigenvalue weighted by atomic mass is 9.59. The van der Waals surface area contributed by atoms with E-state index in [-0.39, 0.29) is 42.2 Å². The summed E-state index contributed by atoms with van der Waals surface area (Å²) in [6.07, 6.45) is 1.98. The van der Waals surface area contributed by atoms with Crippen molar-refractivity contribution in [3.8, 4) is 0 Å². The lowest BCUT2D eigenvalue weighted by Gasteiger charge is -2.47. The zero-order valence-corrected chi connectivity index (χ0v) is 22.1. The van der Waals surface area contributed by atoms with Gasteiger partial charge in [0, 0.05) is 37.2 Å². The number of hydrogen-bond acceptors (Lipinski definition) is 8. The molecule has 202 valence electrons. The average molecular weight is 536 g/mol. The highest BCUT2D eigenvalue weighted by molar-refractivity contribution is 6.29. The number of rotatable bonds is 4. The maximum absolute atomic E-state index is 13.0. The molecule has 37 heavy (non-hydrogen) atoms. The summed E-state index contributed by atoms with van der Waals surface area (Å²) in [7, 11) is 1.45. The number of H-pyrrole nitrogens is 1. The standard InChI is InChI=1S/C27H34ClNO8/c1-12-9-13(2)27-15(10-20(34-4)26(33)36-23(12)14(3)30)5-6-16-22(27)18(31)11-19(24(16)37-27)35-25(32)17-7-8-21(28)29-17/h5-9,12,14-16,18-20,22-24,29-31H,10-11H2,1-4H3/b13-9+/t12-,14-,15-,16-,18-,19-,20+,22+,23+,24-,27+/m1/s1. The van der Waals surface area contributed by atoms with Gasteiger partial charge in [-0.25, -0.2) is 9.59 Å². The van der Waals surface area contributed by atoms with Gasteiger partial charge in [-0.2, -0.15) is 0 Å². The normalized spacial score (nSPS) is 43.3. The van der Waals surface area contributed by atoms with Crippen LogP contribution in [-0.2, 0) is 23.7 Å².